The summed E-state index contributed by atoms with van der Waals surface area (Å²) in [5.74, 6) is 0. The van der Waals surface area contributed by atoms with Gasteiger partial charge in [0.2, 0.25) is 0 Å². The zero-order valence-corrected chi connectivity index (χ0v) is 11.3. The van der Waals surface area contributed by atoms with Crippen LogP contribution in [-0.2, 0) is 6.42 Å². The lowest BCUT2D eigenvalue weighted by molar-refractivity contribution is 0.408. The van der Waals surface area contributed by atoms with Crippen LogP contribution < -0.4 is 5.73 Å². The number of rotatable bonds is 2. The average Bonchev–Trinajstić information content (AvgIpc) is 2.59. The number of aromatic nitrogens is 1. The highest BCUT2D eigenvalue weighted by Gasteiger charge is 2.17. The molecule has 0 saturated carbocycles. The van der Waals surface area contributed by atoms with Crippen molar-refractivity contribution < 1.29 is 0 Å². The number of anilines is 1. The van der Waals surface area contributed by atoms with E-state index in [-0.39, 0.29) is 5.41 Å². The van der Waals surface area contributed by atoms with E-state index in [9.17, 15) is 0 Å². The van der Waals surface area contributed by atoms with Gasteiger partial charge in [0.1, 0.15) is 10.0 Å². The molecular formula is C14H18N2S. The quantitative estimate of drug-likeness (QED) is 0.870. The number of benzene rings is 1. The van der Waals surface area contributed by atoms with Gasteiger partial charge in [0, 0.05) is 5.56 Å². The molecule has 0 atom stereocenters. The number of thiazole rings is 1. The first-order valence-corrected chi connectivity index (χ1v) is 6.58. The van der Waals surface area contributed by atoms with E-state index in [1.807, 2.05) is 18.2 Å². The first kappa shape index (κ1) is 12.1. The Morgan fingerprint density at radius 2 is 1.82 bits per heavy atom. The van der Waals surface area contributed by atoms with Crippen LogP contribution in [0.4, 0.5) is 5.00 Å². The van der Waals surface area contributed by atoms with E-state index < -0.39 is 0 Å². The van der Waals surface area contributed by atoms with Gasteiger partial charge in [0.25, 0.3) is 0 Å². The molecule has 90 valence electrons. The zero-order valence-electron chi connectivity index (χ0n) is 10.5. The van der Waals surface area contributed by atoms with Gasteiger partial charge in [-0.2, -0.15) is 0 Å². The molecule has 2 aromatic rings. The van der Waals surface area contributed by atoms with Crippen molar-refractivity contribution in [2.75, 3.05) is 5.73 Å². The number of hydrogen-bond donors (Lipinski definition) is 1. The third-order valence-electron chi connectivity index (χ3n) is 2.45. The highest BCUT2D eigenvalue weighted by atomic mass is 32.1. The molecule has 3 heteroatoms. The molecule has 1 aromatic carbocycles. The standard InChI is InChI=1S/C14H18N2S/c1-14(2,3)9-11-12(15)17-13(16-11)10-7-5-4-6-8-10/h4-8H,9,15H2,1-3H3. The fourth-order valence-corrected chi connectivity index (χ4v) is 2.55. The molecular weight excluding hydrogens is 228 g/mol. The second kappa shape index (κ2) is 4.49. The Bertz CT molecular complexity index is 495. The molecule has 0 radical (unpaired) electrons. The summed E-state index contributed by atoms with van der Waals surface area (Å²) in [7, 11) is 0. The minimum absolute atomic E-state index is 0.218. The summed E-state index contributed by atoms with van der Waals surface area (Å²) in [5.41, 5.74) is 8.43. The minimum atomic E-state index is 0.218. The van der Waals surface area contributed by atoms with E-state index in [4.69, 9.17) is 5.73 Å². The van der Waals surface area contributed by atoms with E-state index in [0.717, 1.165) is 27.7 Å². The van der Waals surface area contributed by atoms with Crippen LogP contribution in [0, 0.1) is 5.41 Å². The maximum absolute atomic E-state index is 6.04. The zero-order chi connectivity index (χ0) is 12.5. The van der Waals surface area contributed by atoms with Crippen molar-refractivity contribution in [2.24, 2.45) is 5.41 Å². The summed E-state index contributed by atoms with van der Waals surface area (Å²) in [5, 5.41) is 1.86. The third kappa shape index (κ3) is 3.07. The second-order valence-electron chi connectivity index (χ2n) is 5.43. The Morgan fingerprint density at radius 3 is 2.41 bits per heavy atom. The Kier molecular flexibility index (Phi) is 3.20. The molecule has 2 rings (SSSR count). The Balaban J connectivity index is 2.31. The topological polar surface area (TPSA) is 38.9 Å². The summed E-state index contributed by atoms with van der Waals surface area (Å²) in [6.07, 6.45) is 0.919. The van der Waals surface area contributed by atoms with Crippen LogP contribution in [0.3, 0.4) is 0 Å². The largest absolute Gasteiger partial charge is 0.389 e. The Hall–Kier alpha value is -1.35. The van der Waals surface area contributed by atoms with Gasteiger partial charge in [-0.25, -0.2) is 4.98 Å². The molecule has 0 saturated heterocycles. The molecule has 2 nitrogen and oxygen atoms in total. The number of nitrogen functional groups attached to an aromatic ring is 1. The van der Waals surface area contributed by atoms with Crippen molar-refractivity contribution in [3.05, 3.63) is 36.0 Å². The SMILES string of the molecule is CC(C)(C)Cc1nc(-c2ccccc2)sc1N. The lowest BCUT2D eigenvalue weighted by Gasteiger charge is -2.16. The molecule has 2 N–H and O–H groups in total. The van der Waals surface area contributed by atoms with Crippen molar-refractivity contribution in [3.63, 3.8) is 0 Å². The van der Waals surface area contributed by atoms with Gasteiger partial charge in [-0.05, 0) is 11.8 Å². The van der Waals surface area contributed by atoms with E-state index in [1.54, 1.807) is 11.3 Å². The van der Waals surface area contributed by atoms with Gasteiger partial charge in [0.15, 0.2) is 0 Å². The summed E-state index contributed by atoms with van der Waals surface area (Å²) < 4.78 is 0. The first-order valence-electron chi connectivity index (χ1n) is 5.76. The molecule has 0 aliphatic carbocycles. The Labute approximate surface area is 107 Å². The van der Waals surface area contributed by atoms with Gasteiger partial charge in [0.05, 0.1) is 5.69 Å². The van der Waals surface area contributed by atoms with Crippen molar-refractivity contribution in [1.82, 2.24) is 4.98 Å². The highest BCUT2D eigenvalue weighted by molar-refractivity contribution is 7.18. The molecule has 17 heavy (non-hydrogen) atoms. The molecule has 0 fully saturated rings. The molecule has 0 unspecified atom stereocenters. The van der Waals surface area contributed by atoms with E-state index in [2.05, 4.69) is 37.9 Å². The average molecular weight is 246 g/mol. The highest BCUT2D eigenvalue weighted by Crippen LogP contribution is 2.33. The van der Waals surface area contributed by atoms with Crippen LogP contribution in [0.25, 0.3) is 10.6 Å². The van der Waals surface area contributed by atoms with Crippen LogP contribution in [0.1, 0.15) is 26.5 Å². The first-order chi connectivity index (χ1) is 7.96. The van der Waals surface area contributed by atoms with Crippen LogP contribution in [-0.4, -0.2) is 4.98 Å². The summed E-state index contributed by atoms with van der Waals surface area (Å²) in [4.78, 5) is 4.66. The summed E-state index contributed by atoms with van der Waals surface area (Å²) >= 11 is 1.57. The lowest BCUT2D eigenvalue weighted by Crippen LogP contribution is -2.10. The summed E-state index contributed by atoms with van der Waals surface area (Å²) in [6.45, 7) is 6.61. The van der Waals surface area contributed by atoms with Crippen LogP contribution in [0.5, 0.6) is 0 Å². The van der Waals surface area contributed by atoms with Gasteiger partial charge in [-0.15, -0.1) is 0 Å². The van der Waals surface area contributed by atoms with Gasteiger partial charge in [-0.3, -0.25) is 0 Å². The molecule has 0 bridgehead atoms. The van der Waals surface area contributed by atoms with Crippen molar-refractivity contribution in [3.8, 4) is 10.6 Å². The molecule has 0 aliphatic heterocycles. The predicted molar refractivity (Wildman–Crippen MR) is 75.1 cm³/mol. The van der Waals surface area contributed by atoms with Crippen molar-refractivity contribution in [1.29, 1.82) is 0 Å². The maximum Gasteiger partial charge on any atom is 0.125 e. The molecule has 0 amide bonds. The normalized spacial score (nSPS) is 11.7. The van der Waals surface area contributed by atoms with Gasteiger partial charge in [-0.1, -0.05) is 62.4 Å². The van der Waals surface area contributed by atoms with Gasteiger partial charge < -0.3 is 5.73 Å². The van der Waals surface area contributed by atoms with Crippen molar-refractivity contribution >= 4 is 16.3 Å². The Morgan fingerprint density at radius 1 is 1.18 bits per heavy atom. The fourth-order valence-electron chi connectivity index (χ4n) is 1.70. The fraction of sp³-hybridized carbons (Fsp3) is 0.357. The third-order valence-corrected chi connectivity index (χ3v) is 3.42. The minimum Gasteiger partial charge on any atom is -0.389 e. The monoisotopic (exact) mass is 246 g/mol. The van der Waals surface area contributed by atoms with Crippen LogP contribution >= 0.6 is 11.3 Å². The predicted octanol–water partition coefficient (Wildman–Crippen LogP) is 3.98. The van der Waals surface area contributed by atoms with Crippen LogP contribution in [0.2, 0.25) is 0 Å². The van der Waals surface area contributed by atoms with Crippen molar-refractivity contribution in [2.45, 2.75) is 27.2 Å². The summed E-state index contributed by atoms with van der Waals surface area (Å²) in [6, 6.07) is 10.2. The molecule has 1 aromatic heterocycles. The number of nitrogens with zero attached hydrogens (tertiary/aromatic N) is 1. The van der Waals surface area contributed by atoms with Gasteiger partial charge >= 0.3 is 0 Å². The second-order valence-corrected chi connectivity index (χ2v) is 6.46. The molecule has 0 aliphatic rings. The van der Waals surface area contributed by atoms with E-state index in [1.165, 1.54) is 0 Å². The lowest BCUT2D eigenvalue weighted by atomic mass is 9.91. The number of nitrogens with two attached hydrogens (primary N) is 1. The maximum atomic E-state index is 6.04. The van der Waals surface area contributed by atoms with Crippen LogP contribution in [0.15, 0.2) is 30.3 Å². The smallest absolute Gasteiger partial charge is 0.125 e. The molecule has 0 spiro atoms. The van der Waals surface area contributed by atoms with E-state index in [0.29, 0.717) is 0 Å². The number of hydrogen-bond acceptors (Lipinski definition) is 3. The molecule has 1 heterocycles. The van der Waals surface area contributed by atoms with E-state index >= 15 is 0 Å².